The minimum atomic E-state index is -0.848. The van der Waals surface area contributed by atoms with Crippen molar-refractivity contribution >= 4 is 46.1 Å². The highest BCUT2D eigenvalue weighted by molar-refractivity contribution is 7.81. The van der Waals surface area contributed by atoms with Crippen LogP contribution in [0.4, 0.5) is 0 Å². The van der Waals surface area contributed by atoms with Crippen LogP contribution in [0.1, 0.15) is 11.1 Å². The molecular formula is C23H27N3O6S2. The van der Waals surface area contributed by atoms with Gasteiger partial charge in [0, 0.05) is 14.1 Å². The number of ether oxygens (including phenoxy) is 4. The van der Waals surface area contributed by atoms with Gasteiger partial charge in [0.25, 0.3) is 0 Å². The number of nitrogens with zero attached hydrogens (tertiary/aromatic N) is 2. The van der Waals surface area contributed by atoms with Crippen LogP contribution >= 0.6 is 24.4 Å². The van der Waals surface area contributed by atoms with Crippen molar-refractivity contribution in [3.63, 3.8) is 0 Å². The average Bonchev–Trinajstić information content (AvgIpc) is 2.86. The number of likely N-dealkylation sites (N-methyl/N-ethyl adjacent to an activating group) is 1. The van der Waals surface area contributed by atoms with Gasteiger partial charge in [0.05, 0.1) is 46.1 Å². The van der Waals surface area contributed by atoms with Gasteiger partial charge in [-0.15, -0.1) is 0 Å². The molecule has 0 spiro atoms. The van der Waals surface area contributed by atoms with Crippen LogP contribution in [0.3, 0.4) is 0 Å². The fourth-order valence-electron chi connectivity index (χ4n) is 2.97. The van der Waals surface area contributed by atoms with Gasteiger partial charge in [-0.3, -0.25) is 20.0 Å². The number of hydrogen-bond acceptors (Lipinski definition) is 8. The predicted molar refractivity (Wildman–Crippen MR) is 136 cm³/mol. The molecule has 1 amide bonds. The molecule has 2 aromatic carbocycles. The molecule has 34 heavy (non-hydrogen) atoms. The van der Waals surface area contributed by atoms with Crippen LogP contribution < -0.4 is 24.4 Å². The molecular weight excluding hydrogens is 478 g/mol. The Morgan fingerprint density at radius 1 is 0.794 bits per heavy atom. The van der Waals surface area contributed by atoms with E-state index in [0.717, 1.165) is 0 Å². The zero-order valence-electron chi connectivity index (χ0n) is 19.8. The van der Waals surface area contributed by atoms with Crippen molar-refractivity contribution in [3.8, 4) is 23.0 Å². The normalized spacial score (nSPS) is 10.1. The van der Waals surface area contributed by atoms with Gasteiger partial charge in [-0.1, -0.05) is 24.4 Å². The summed E-state index contributed by atoms with van der Waals surface area (Å²) in [7, 11) is 9.23. The largest absolute Gasteiger partial charge is 0.497 e. The molecule has 0 aliphatic heterocycles. The molecule has 2 rings (SSSR count). The lowest BCUT2D eigenvalue weighted by Gasteiger charge is -2.24. The van der Waals surface area contributed by atoms with Crippen LogP contribution in [0.2, 0.25) is 0 Å². The predicted octanol–water partition coefficient (Wildman–Crippen LogP) is 2.24. The SMILES string of the molecule is COc1ccc(OC)c(C(=S)N(C)CC(=O)C(=O)NN(C)C(=S)c2cc(OC)ccc2OC)c1. The van der Waals surface area contributed by atoms with E-state index in [1.165, 1.54) is 45.4 Å². The van der Waals surface area contributed by atoms with Crippen molar-refractivity contribution in [2.24, 2.45) is 0 Å². The maximum Gasteiger partial charge on any atom is 0.307 e. The van der Waals surface area contributed by atoms with E-state index >= 15 is 0 Å². The maximum atomic E-state index is 12.6. The molecule has 0 heterocycles. The Bertz CT molecular complexity index is 1010. The lowest BCUT2D eigenvalue weighted by atomic mass is 10.1. The lowest BCUT2D eigenvalue weighted by Crippen LogP contribution is -2.48. The molecule has 1 N–H and O–H groups in total. The van der Waals surface area contributed by atoms with Crippen LogP contribution in [0.15, 0.2) is 36.4 Å². The smallest absolute Gasteiger partial charge is 0.307 e. The van der Waals surface area contributed by atoms with Gasteiger partial charge in [0.1, 0.15) is 33.0 Å². The fraction of sp³-hybridized carbons (Fsp3) is 0.304. The van der Waals surface area contributed by atoms with Crippen molar-refractivity contribution < 1.29 is 28.5 Å². The van der Waals surface area contributed by atoms with Crippen LogP contribution in [0, 0.1) is 0 Å². The molecule has 2 aromatic rings. The fourth-order valence-corrected chi connectivity index (χ4v) is 3.40. The third kappa shape index (κ3) is 6.33. The highest BCUT2D eigenvalue weighted by atomic mass is 32.1. The summed E-state index contributed by atoms with van der Waals surface area (Å²) >= 11 is 11.0. The molecule has 0 saturated heterocycles. The summed E-state index contributed by atoms with van der Waals surface area (Å²) < 4.78 is 21.2. The van der Waals surface area contributed by atoms with E-state index in [2.05, 4.69) is 5.43 Å². The van der Waals surface area contributed by atoms with Crippen molar-refractivity contribution in [1.82, 2.24) is 15.3 Å². The van der Waals surface area contributed by atoms with Gasteiger partial charge < -0.3 is 23.8 Å². The first-order valence-corrected chi connectivity index (χ1v) is 10.8. The lowest BCUT2D eigenvalue weighted by molar-refractivity contribution is -0.139. The molecule has 11 heteroatoms. The first kappa shape index (κ1) is 26.8. The molecule has 0 radical (unpaired) electrons. The molecule has 0 atom stereocenters. The van der Waals surface area contributed by atoms with Gasteiger partial charge >= 0.3 is 5.91 Å². The van der Waals surface area contributed by atoms with E-state index < -0.39 is 11.7 Å². The first-order valence-electron chi connectivity index (χ1n) is 9.98. The molecule has 0 aliphatic carbocycles. The summed E-state index contributed by atoms with van der Waals surface area (Å²) in [4.78, 5) is 27.2. The van der Waals surface area contributed by atoms with Gasteiger partial charge in [0.15, 0.2) is 0 Å². The topological polar surface area (TPSA) is 89.6 Å². The summed E-state index contributed by atoms with van der Waals surface area (Å²) in [5.74, 6) is 0.608. The summed E-state index contributed by atoms with van der Waals surface area (Å²) in [6, 6.07) is 10.3. The Morgan fingerprint density at radius 3 is 1.71 bits per heavy atom. The zero-order valence-corrected chi connectivity index (χ0v) is 21.5. The van der Waals surface area contributed by atoms with E-state index in [1.807, 2.05) is 0 Å². The van der Waals surface area contributed by atoms with Crippen molar-refractivity contribution in [2.45, 2.75) is 0 Å². The second kappa shape index (κ2) is 12.1. The van der Waals surface area contributed by atoms with Gasteiger partial charge in [-0.25, -0.2) is 0 Å². The van der Waals surface area contributed by atoms with Crippen LogP contribution in [0.5, 0.6) is 23.0 Å². The molecule has 0 bridgehead atoms. The Kier molecular flexibility index (Phi) is 9.58. The number of Topliss-reactive ketones (excluding diaryl/α,β-unsaturated/α-hetero) is 1. The van der Waals surface area contributed by atoms with Crippen molar-refractivity contribution in [3.05, 3.63) is 47.5 Å². The minimum absolute atomic E-state index is 0.238. The van der Waals surface area contributed by atoms with Crippen molar-refractivity contribution in [2.75, 3.05) is 49.1 Å². The molecule has 9 nitrogen and oxygen atoms in total. The Hall–Kier alpha value is -3.44. The molecule has 0 saturated carbocycles. The summed E-state index contributed by atoms with van der Waals surface area (Å²) in [5, 5.41) is 1.27. The van der Waals surface area contributed by atoms with Crippen molar-refractivity contribution in [1.29, 1.82) is 0 Å². The number of ketones is 1. The number of carbonyl (C=O) groups is 2. The number of hydrogen-bond donors (Lipinski definition) is 1. The molecule has 0 fully saturated rings. The molecule has 0 aliphatic rings. The Morgan fingerprint density at radius 2 is 1.26 bits per heavy atom. The number of rotatable bonds is 9. The maximum absolute atomic E-state index is 12.6. The minimum Gasteiger partial charge on any atom is -0.497 e. The van der Waals surface area contributed by atoms with E-state index in [4.69, 9.17) is 43.4 Å². The number of carbonyl (C=O) groups excluding carboxylic acids is 2. The van der Waals surface area contributed by atoms with E-state index in [0.29, 0.717) is 39.1 Å². The first-order chi connectivity index (χ1) is 16.2. The van der Waals surface area contributed by atoms with E-state index in [9.17, 15) is 9.59 Å². The molecule has 0 unspecified atom stereocenters. The third-order valence-corrected chi connectivity index (χ3v) is 5.85. The van der Waals surface area contributed by atoms with Gasteiger partial charge in [-0.05, 0) is 36.4 Å². The van der Waals surface area contributed by atoms with E-state index in [1.54, 1.807) is 43.4 Å². The quantitative estimate of drug-likeness (QED) is 0.311. The summed E-state index contributed by atoms with van der Waals surface area (Å²) in [6.45, 7) is -0.256. The second-order valence-corrected chi connectivity index (χ2v) is 7.80. The number of hydrazine groups is 1. The second-order valence-electron chi connectivity index (χ2n) is 7.02. The van der Waals surface area contributed by atoms with Gasteiger partial charge in [-0.2, -0.15) is 0 Å². The van der Waals surface area contributed by atoms with Crippen LogP contribution in [0.25, 0.3) is 0 Å². The van der Waals surface area contributed by atoms with Gasteiger partial charge in [0.2, 0.25) is 5.78 Å². The molecule has 182 valence electrons. The highest BCUT2D eigenvalue weighted by Gasteiger charge is 2.23. The highest BCUT2D eigenvalue weighted by Crippen LogP contribution is 2.26. The zero-order chi connectivity index (χ0) is 25.4. The monoisotopic (exact) mass is 505 g/mol. The standard InChI is InChI=1S/C23H27N3O6S2/c1-25(22(33)16-11-14(29-3)7-9-19(16)31-5)13-18(27)21(28)24-26(2)23(34)17-12-15(30-4)8-10-20(17)32-6/h7-12H,13H2,1-6H3,(H,24,28). The Labute approximate surface area is 209 Å². The average molecular weight is 506 g/mol. The summed E-state index contributed by atoms with van der Waals surface area (Å²) in [6.07, 6.45) is 0. The summed E-state index contributed by atoms with van der Waals surface area (Å²) in [5.41, 5.74) is 3.57. The number of thiocarbonyl (C=S) groups is 2. The number of amides is 1. The van der Waals surface area contributed by atoms with E-state index in [-0.39, 0.29) is 11.5 Å². The van der Waals surface area contributed by atoms with Crippen LogP contribution in [-0.2, 0) is 9.59 Å². The number of methoxy groups -OCH3 is 4. The van der Waals surface area contributed by atoms with Crippen LogP contribution in [-0.4, -0.2) is 80.7 Å². The third-order valence-electron chi connectivity index (χ3n) is 4.83. The number of benzene rings is 2. The number of nitrogens with one attached hydrogen (secondary N) is 1. The Balaban J connectivity index is 2.08. The molecule has 0 aromatic heterocycles.